The molecule has 0 unspecified atom stereocenters. The van der Waals surface area contributed by atoms with E-state index in [9.17, 15) is 9.18 Å². The zero-order valence-electron chi connectivity index (χ0n) is 12.6. The van der Waals surface area contributed by atoms with Crippen LogP contribution in [-0.4, -0.2) is 21.0 Å². The Morgan fingerprint density at radius 1 is 1.38 bits per heavy atom. The van der Waals surface area contributed by atoms with Crippen LogP contribution in [0, 0.1) is 10.5 Å². The molecule has 1 amide bonds. The summed E-state index contributed by atoms with van der Waals surface area (Å²) in [6.45, 7) is 1.70. The topological polar surface area (TPSA) is 83.8 Å². The van der Waals surface area contributed by atoms with E-state index < -0.39 is 11.9 Å². The number of carbonyl (C=O) groups excluding carboxylic acids is 1. The molecule has 0 saturated carbocycles. The zero-order valence-corrected chi connectivity index (χ0v) is 13.4. The molecule has 122 valence electrons. The predicted molar refractivity (Wildman–Crippen MR) is 87.2 cm³/mol. The number of amides is 1. The third-order valence-electron chi connectivity index (χ3n) is 3.31. The highest BCUT2D eigenvalue weighted by molar-refractivity contribution is 7.71. The third-order valence-corrected chi connectivity index (χ3v) is 3.64. The first-order chi connectivity index (χ1) is 11.5. The van der Waals surface area contributed by atoms with E-state index in [1.54, 1.807) is 37.4 Å². The molecular weight excluding hydrogens is 331 g/mol. The number of hydrogen-bond acceptors (Lipinski definition) is 5. The van der Waals surface area contributed by atoms with Gasteiger partial charge in [0, 0.05) is 11.8 Å². The van der Waals surface area contributed by atoms with E-state index in [0.717, 1.165) is 0 Å². The van der Waals surface area contributed by atoms with Crippen molar-refractivity contribution in [2.75, 3.05) is 0 Å². The number of nitrogens with zero attached hydrogens (tertiary/aromatic N) is 2. The van der Waals surface area contributed by atoms with Crippen molar-refractivity contribution in [3.8, 4) is 11.4 Å². The number of H-pyrrole nitrogens is 1. The van der Waals surface area contributed by atoms with Crippen molar-refractivity contribution < 1.29 is 13.7 Å². The van der Waals surface area contributed by atoms with Gasteiger partial charge in [0.15, 0.2) is 0 Å². The van der Waals surface area contributed by atoms with Crippen molar-refractivity contribution in [2.24, 2.45) is 0 Å². The Morgan fingerprint density at radius 2 is 2.21 bits per heavy atom. The first-order valence-electron chi connectivity index (χ1n) is 7.12. The van der Waals surface area contributed by atoms with E-state index in [4.69, 9.17) is 16.7 Å². The van der Waals surface area contributed by atoms with E-state index in [0.29, 0.717) is 15.8 Å². The average Bonchev–Trinajstić information content (AvgIpc) is 3.05. The molecule has 0 aliphatic heterocycles. The largest absolute Gasteiger partial charge is 0.352 e. The minimum absolute atomic E-state index is 0.216. The number of hydrogen-bond donors (Lipinski definition) is 2. The van der Waals surface area contributed by atoms with Crippen LogP contribution in [0.15, 0.2) is 47.1 Å². The van der Waals surface area contributed by atoms with Crippen molar-refractivity contribution in [1.29, 1.82) is 0 Å². The second kappa shape index (κ2) is 6.71. The molecule has 0 aliphatic carbocycles. The van der Waals surface area contributed by atoms with Crippen molar-refractivity contribution in [3.05, 3.63) is 64.5 Å². The molecule has 2 aromatic heterocycles. The molecule has 0 fully saturated rings. The molecule has 0 saturated heterocycles. The maximum atomic E-state index is 13.3. The minimum Gasteiger partial charge on any atom is -0.352 e. The average molecular weight is 344 g/mol. The van der Waals surface area contributed by atoms with Gasteiger partial charge >= 0.3 is 0 Å². The molecule has 1 atom stereocenters. The monoisotopic (exact) mass is 344 g/mol. The van der Waals surface area contributed by atoms with Gasteiger partial charge in [-0.2, -0.15) is 4.98 Å². The maximum absolute atomic E-state index is 13.3. The van der Waals surface area contributed by atoms with Crippen LogP contribution in [0.2, 0.25) is 0 Å². The molecule has 3 aromatic rings. The Hall–Kier alpha value is -2.87. The number of carbonyl (C=O) groups is 1. The normalized spacial score (nSPS) is 11.9. The lowest BCUT2D eigenvalue weighted by atomic mass is 10.2. The highest BCUT2D eigenvalue weighted by Crippen LogP contribution is 2.19. The Morgan fingerprint density at radius 3 is 2.96 bits per heavy atom. The fourth-order valence-corrected chi connectivity index (χ4v) is 2.32. The zero-order chi connectivity index (χ0) is 17.1. The smallest absolute Gasteiger partial charge is 0.254 e. The van der Waals surface area contributed by atoms with Crippen LogP contribution >= 0.6 is 12.2 Å². The summed E-state index contributed by atoms with van der Waals surface area (Å²) in [5, 5.41) is 6.55. The van der Waals surface area contributed by atoms with Gasteiger partial charge in [-0.05, 0) is 31.2 Å². The van der Waals surface area contributed by atoms with Gasteiger partial charge in [0.1, 0.15) is 16.5 Å². The van der Waals surface area contributed by atoms with Crippen molar-refractivity contribution in [1.82, 2.24) is 20.4 Å². The van der Waals surface area contributed by atoms with E-state index >= 15 is 0 Å². The van der Waals surface area contributed by atoms with E-state index in [1.807, 2.05) is 0 Å². The lowest BCUT2D eigenvalue weighted by molar-refractivity contribution is 0.0931. The van der Waals surface area contributed by atoms with Crippen molar-refractivity contribution in [2.45, 2.75) is 13.0 Å². The molecule has 8 heteroatoms. The summed E-state index contributed by atoms with van der Waals surface area (Å²) in [7, 11) is 0. The summed E-state index contributed by atoms with van der Waals surface area (Å²) in [5.74, 6) is -0.274. The van der Waals surface area contributed by atoms with Crippen LogP contribution in [0.5, 0.6) is 0 Å². The fraction of sp³-hybridized carbons (Fsp3) is 0.125. The van der Waals surface area contributed by atoms with Gasteiger partial charge in [-0.3, -0.25) is 4.79 Å². The maximum Gasteiger partial charge on any atom is 0.254 e. The summed E-state index contributed by atoms with van der Waals surface area (Å²) in [6, 6.07) is 8.64. The Balaban J connectivity index is 1.77. The third kappa shape index (κ3) is 3.38. The molecule has 0 radical (unpaired) electrons. The van der Waals surface area contributed by atoms with Crippen molar-refractivity contribution >= 4 is 18.1 Å². The van der Waals surface area contributed by atoms with E-state index in [2.05, 4.69) is 20.4 Å². The Kier molecular flexibility index (Phi) is 4.48. The van der Waals surface area contributed by atoms with Gasteiger partial charge in [-0.1, -0.05) is 29.5 Å². The Labute approximate surface area is 141 Å². The minimum atomic E-state index is -0.526. The molecule has 0 aliphatic rings. The predicted octanol–water partition coefficient (Wildman–Crippen LogP) is 3.42. The van der Waals surface area contributed by atoms with Gasteiger partial charge in [-0.15, -0.1) is 0 Å². The first kappa shape index (κ1) is 16.0. The number of halogens is 1. The van der Waals surface area contributed by atoms with E-state index in [1.165, 1.54) is 12.1 Å². The summed E-state index contributed by atoms with van der Waals surface area (Å²) in [6.07, 6.45) is 1.64. The second-order valence-electron chi connectivity index (χ2n) is 5.07. The molecule has 24 heavy (non-hydrogen) atoms. The van der Waals surface area contributed by atoms with Crippen LogP contribution in [0.1, 0.15) is 29.2 Å². The molecular formula is C16H13FN4O2S. The molecule has 2 N–H and O–H groups in total. The van der Waals surface area contributed by atoms with Crippen molar-refractivity contribution in [3.63, 3.8) is 0 Å². The van der Waals surface area contributed by atoms with Gasteiger partial charge < -0.3 is 14.8 Å². The van der Waals surface area contributed by atoms with Gasteiger partial charge in [0.25, 0.3) is 5.91 Å². The number of pyridine rings is 1. The quantitative estimate of drug-likeness (QED) is 0.709. The highest BCUT2D eigenvalue weighted by atomic mass is 32.1. The SMILES string of the molecule is C[C@H](NC(=O)c1ccc[nH]c1=S)c1nc(-c2cccc(F)c2)no1. The number of nitrogens with one attached hydrogen (secondary N) is 2. The summed E-state index contributed by atoms with van der Waals surface area (Å²) in [4.78, 5) is 19.2. The van der Waals surface area contributed by atoms with Crippen LogP contribution in [-0.2, 0) is 0 Å². The molecule has 6 nitrogen and oxygen atoms in total. The van der Waals surface area contributed by atoms with Crippen LogP contribution in [0.4, 0.5) is 4.39 Å². The number of aromatic amines is 1. The first-order valence-corrected chi connectivity index (χ1v) is 7.53. The summed E-state index contributed by atoms with van der Waals surface area (Å²) < 4.78 is 18.8. The number of rotatable bonds is 4. The summed E-state index contributed by atoms with van der Waals surface area (Å²) >= 11 is 5.07. The van der Waals surface area contributed by atoms with E-state index in [-0.39, 0.29) is 17.6 Å². The highest BCUT2D eigenvalue weighted by Gasteiger charge is 2.19. The molecule has 2 heterocycles. The number of benzene rings is 1. The van der Waals surface area contributed by atoms with Crippen LogP contribution in [0.3, 0.4) is 0 Å². The molecule has 0 bridgehead atoms. The van der Waals surface area contributed by atoms with Gasteiger partial charge in [0.05, 0.1) is 5.56 Å². The molecule has 0 spiro atoms. The Bertz CT molecular complexity index is 937. The van der Waals surface area contributed by atoms with Gasteiger partial charge in [-0.25, -0.2) is 4.39 Å². The summed E-state index contributed by atoms with van der Waals surface area (Å²) in [5.41, 5.74) is 0.846. The lowest BCUT2D eigenvalue weighted by Gasteiger charge is -2.09. The van der Waals surface area contributed by atoms with Crippen LogP contribution in [0.25, 0.3) is 11.4 Å². The number of aromatic nitrogens is 3. The molecule has 3 rings (SSSR count). The standard InChI is InChI=1S/C16H13FN4O2S/c1-9(19-14(22)12-6-3-7-18-16(12)24)15-20-13(21-23-15)10-4-2-5-11(17)8-10/h2-9H,1H3,(H,18,24)(H,19,22)/t9-/m0/s1. The molecule has 1 aromatic carbocycles. The second-order valence-corrected chi connectivity index (χ2v) is 5.48. The fourth-order valence-electron chi connectivity index (χ4n) is 2.09. The lowest BCUT2D eigenvalue weighted by Crippen LogP contribution is -2.27. The van der Waals surface area contributed by atoms with Crippen LogP contribution < -0.4 is 5.32 Å². The van der Waals surface area contributed by atoms with Gasteiger partial charge in [0.2, 0.25) is 11.7 Å².